The molecule has 3 rings (SSSR count). The molecule has 0 saturated carbocycles. The minimum Gasteiger partial charge on any atom is -0.383 e. The molecule has 0 aliphatic carbocycles. The number of carbonyl (C=O) groups excluding carboxylic acids is 1. The van der Waals surface area contributed by atoms with Crippen molar-refractivity contribution in [2.24, 2.45) is 0 Å². The standard InChI is InChI=1S/C19H15BrF3N3O/c1-25(2)9-8-16(27)17-15-7-6-13(19(21,22)23)11-26(15)24-18(17)12-4-3-5-14(20)10-12/h3-11H,1-2H3/b9-8+. The van der Waals surface area contributed by atoms with Gasteiger partial charge in [-0.3, -0.25) is 4.79 Å². The summed E-state index contributed by atoms with van der Waals surface area (Å²) in [7, 11) is 3.54. The average Bonchev–Trinajstić information content (AvgIpc) is 2.97. The Morgan fingerprint density at radius 2 is 1.96 bits per heavy atom. The Morgan fingerprint density at radius 1 is 1.22 bits per heavy atom. The van der Waals surface area contributed by atoms with Crippen LogP contribution in [0.2, 0.25) is 0 Å². The molecule has 0 amide bonds. The lowest BCUT2D eigenvalue weighted by Crippen LogP contribution is -2.07. The maximum absolute atomic E-state index is 13.0. The molecule has 2 heterocycles. The molecule has 0 aliphatic heterocycles. The molecule has 0 spiro atoms. The summed E-state index contributed by atoms with van der Waals surface area (Å²) >= 11 is 3.36. The molecule has 4 nitrogen and oxygen atoms in total. The molecule has 2 aromatic heterocycles. The summed E-state index contributed by atoms with van der Waals surface area (Å²) in [6.45, 7) is 0. The number of carbonyl (C=O) groups is 1. The lowest BCUT2D eigenvalue weighted by atomic mass is 10.0. The highest BCUT2D eigenvalue weighted by Gasteiger charge is 2.31. The van der Waals surface area contributed by atoms with E-state index in [4.69, 9.17) is 0 Å². The minimum absolute atomic E-state index is 0.250. The van der Waals surface area contributed by atoms with Gasteiger partial charge in [-0.05, 0) is 24.3 Å². The van der Waals surface area contributed by atoms with Crippen molar-refractivity contribution in [2.45, 2.75) is 6.18 Å². The highest BCUT2D eigenvalue weighted by atomic mass is 79.9. The number of rotatable bonds is 4. The van der Waals surface area contributed by atoms with Crippen LogP contribution in [0, 0.1) is 0 Å². The second-order valence-corrected chi connectivity index (χ2v) is 7.04. The zero-order valence-electron chi connectivity index (χ0n) is 14.5. The van der Waals surface area contributed by atoms with Crippen molar-refractivity contribution in [1.29, 1.82) is 0 Å². The average molecular weight is 438 g/mol. The monoisotopic (exact) mass is 437 g/mol. The van der Waals surface area contributed by atoms with E-state index >= 15 is 0 Å². The normalized spacial score (nSPS) is 12.1. The van der Waals surface area contributed by atoms with E-state index < -0.39 is 11.7 Å². The van der Waals surface area contributed by atoms with Gasteiger partial charge in [0.1, 0.15) is 5.69 Å². The van der Waals surface area contributed by atoms with Crippen LogP contribution in [-0.4, -0.2) is 34.4 Å². The summed E-state index contributed by atoms with van der Waals surface area (Å²) < 4.78 is 41.0. The van der Waals surface area contributed by atoms with Gasteiger partial charge in [0, 0.05) is 42.6 Å². The number of pyridine rings is 1. The van der Waals surface area contributed by atoms with Crippen LogP contribution in [-0.2, 0) is 6.18 Å². The number of hydrogen-bond acceptors (Lipinski definition) is 3. The van der Waals surface area contributed by atoms with Gasteiger partial charge in [-0.25, -0.2) is 4.52 Å². The second-order valence-electron chi connectivity index (χ2n) is 6.12. The number of nitrogens with zero attached hydrogens (tertiary/aromatic N) is 3. The third kappa shape index (κ3) is 4.05. The molecular formula is C19H15BrF3N3O. The molecule has 0 atom stereocenters. The summed E-state index contributed by atoms with van der Waals surface area (Å²) in [4.78, 5) is 14.5. The molecule has 27 heavy (non-hydrogen) atoms. The maximum atomic E-state index is 13.0. The van der Waals surface area contributed by atoms with E-state index in [1.807, 2.05) is 6.07 Å². The molecule has 3 aromatic rings. The van der Waals surface area contributed by atoms with E-state index in [1.165, 1.54) is 12.1 Å². The van der Waals surface area contributed by atoms with Gasteiger partial charge >= 0.3 is 6.18 Å². The Kier molecular flexibility index (Phi) is 5.10. The highest BCUT2D eigenvalue weighted by molar-refractivity contribution is 9.10. The van der Waals surface area contributed by atoms with E-state index in [0.29, 0.717) is 16.8 Å². The van der Waals surface area contributed by atoms with Gasteiger partial charge in [0.05, 0.1) is 16.6 Å². The molecule has 0 unspecified atom stereocenters. The number of fused-ring (bicyclic) bond motifs is 1. The van der Waals surface area contributed by atoms with Crippen LogP contribution >= 0.6 is 15.9 Å². The predicted octanol–water partition coefficient (Wildman–Crippen LogP) is 5.04. The predicted molar refractivity (Wildman–Crippen MR) is 100 cm³/mol. The lowest BCUT2D eigenvalue weighted by molar-refractivity contribution is -0.137. The van der Waals surface area contributed by atoms with Crippen LogP contribution < -0.4 is 0 Å². The van der Waals surface area contributed by atoms with E-state index in [2.05, 4.69) is 21.0 Å². The van der Waals surface area contributed by atoms with Crippen LogP contribution in [0.3, 0.4) is 0 Å². The van der Waals surface area contributed by atoms with Crippen molar-refractivity contribution < 1.29 is 18.0 Å². The second kappa shape index (κ2) is 7.19. The fourth-order valence-corrected chi connectivity index (χ4v) is 3.00. The number of ketones is 1. The molecule has 1 aromatic carbocycles. The molecule has 0 N–H and O–H groups in total. The number of benzene rings is 1. The number of aromatic nitrogens is 2. The lowest BCUT2D eigenvalue weighted by Gasteiger charge is -2.06. The van der Waals surface area contributed by atoms with Gasteiger partial charge in [-0.2, -0.15) is 18.3 Å². The Hall–Kier alpha value is -2.61. The Balaban J connectivity index is 2.25. The molecular weight excluding hydrogens is 423 g/mol. The van der Waals surface area contributed by atoms with E-state index in [1.54, 1.807) is 43.4 Å². The van der Waals surface area contributed by atoms with Gasteiger partial charge in [-0.15, -0.1) is 0 Å². The number of allylic oxidation sites excluding steroid dienone is 1. The van der Waals surface area contributed by atoms with Gasteiger partial charge < -0.3 is 4.90 Å². The number of halogens is 4. The SMILES string of the molecule is CN(C)/C=C/C(=O)c1c(-c2cccc(Br)c2)nn2cc(C(F)(F)F)ccc12. The smallest absolute Gasteiger partial charge is 0.383 e. The van der Waals surface area contributed by atoms with E-state index in [9.17, 15) is 18.0 Å². The van der Waals surface area contributed by atoms with Gasteiger partial charge in [0.15, 0.2) is 5.78 Å². The van der Waals surface area contributed by atoms with Crippen molar-refractivity contribution in [1.82, 2.24) is 14.5 Å². The van der Waals surface area contributed by atoms with Crippen molar-refractivity contribution in [3.05, 3.63) is 70.5 Å². The third-order valence-corrected chi connectivity index (χ3v) is 4.32. The number of alkyl halides is 3. The molecule has 8 heteroatoms. The van der Waals surface area contributed by atoms with Crippen molar-refractivity contribution in [3.8, 4) is 11.3 Å². The summed E-state index contributed by atoms with van der Waals surface area (Å²) in [5.41, 5.74) is 0.680. The van der Waals surface area contributed by atoms with Gasteiger partial charge in [-0.1, -0.05) is 28.1 Å². The van der Waals surface area contributed by atoms with Gasteiger partial charge in [0.25, 0.3) is 0 Å². The first kappa shape index (κ1) is 19.2. The highest BCUT2D eigenvalue weighted by Crippen LogP contribution is 2.33. The summed E-state index contributed by atoms with van der Waals surface area (Å²) in [5.74, 6) is -0.339. The molecule has 0 aliphatic rings. The summed E-state index contributed by atoms with van der Waals surface area (Å²) in [6.07, 6.45) is -0.648. The van der Waals surface area contributed by atoms with Crippen molar-refractivity contribution in [3.63, 3.8) is 0 Å². The van der Waals surface area contributed by atoms with Crippen LogP contribution in [0.1, 0.15) is 15.9 Å². The zero-order chi connectivity index (χ0) is 19.8. The van der Waals surface area contributed by atoms with Crippen LogP contribution in [0.15, 0.2) is 59.3 Å². The zero-order valence-corrected chi connectivity index (χ0v) is 16.0. The molecule has 140 valence electrons. The molecule has 0 saturated heterocycles. The Labute approximate surface area is 162 Å². The van der Waals surface area contributed by atoms with Crippen LogP contribution in [0.25, 0.3) is 16.8 Å². The van der Waals surface area contributed by atoms with Crippen molar-refractivity contribution in [2.75, 3.05) is 14.1 Å². The van der Waals surface area contributed by atoms with E-state index in [-0.39, 0.29) is 11.3 Å². The van der Waals surface area contributed by atoms with Gasteiger partial charge in [0.2, 0.25) is 0 Å². The first-order valence-electron chi connectivity index (χ1n) is 7.91. The quantitative estimate of drug-likeness (QED) is 0.423. The van der Waals surface area contributed by atoms with E-state index in [0.717, 1.165) is 21.3 Å². The topological polar surface area (TPSA) is 37.6 Å². The van der Waals surface area contributed by atoms with Crippen molar-refractivity contribution >= 4 is 27.2 Å². The first-order chi connectivity index (χ1) is 12.7. The maximum Gasteiger partial charge on any atom is 0.417 e. The van der Waals surface area contributed by atoms with Crippen LogP contribution in [0.4, 0.5) is 13.2 Å². The Morgan fingerprint density at radius 3 is 2.59 bits per heavy atom. The Bertz CT molecular complexity index is 1040. The third-order valence-electron chi connectivity index (χ3n) is 3.83. The molecule has 0 bridgehead atoms. The minimum atomic E-state index is -4.49. The summed E-state index contributed by atoms with van der Waals surface area (Å²) in [6, 6.07) is 9.33. The molecule has 0 radical (unpaired) electrons. The number of hydrogen-bond donors (Lipinski definition) is 0. The first-order valence-corrected chi connectivity index (χ1v) is 8.70. The fourth-order valence-electron chi connectivity index (χ4n) is 2.60. The molecule has 0 fully saturated rings. The largest absolute Gasteiger partial charge is 0.417 e. The fraction of sp³-hybridized carbons (Fsp3) is 0.158. The summed E-state index contributed by atoms with van der Waals surface area (Å²) in [5, 5.41) is 4.27. The van der Waals surface area contributed by atoms with Crippen LogP contribution in [0.5, 0.6) is 0 Å².